The van der Waals surface area contributed by atoms with E-state index >= 15 is 0 Å². The molecule has 2 aliphatic heterocycles. The molecule has 2 heterocycles. The molecule has 5 aliphatic rings. The summed E-state index contributed by atoms with van der Waals surface area (Å²) in [5.74, 6) is 7.77. The normalized spacial score (nSPS) is 37.2. The molecule has 6 rings (SSSR count). The number of benzene rings is 1. The van der Waals surface area contributed by atoms with Crippen molar-refractivity contribution in [1.29, 1.82) is 0 Å². The second kappa shape index (κ2) is 17.0. The Labute approximate surface area is 320 Å². The van der Waals surface area contributed by atoms with Crippen molar-refractivity contribution in [3.05, 3.63) is 47.5 Å². The average Bonchev–Trinajstić information content (AvgIpc) is 3.80. The monoisotopic (exact) mass is 729 g/mol. The number of aliphatic hydroxyl groups excluding tert-OH is 1. The summed E-state index contributed by atoms with van der Waals surface area (Å²) >= 11 is 0. The molecule has 0 amide bonds. The highest BCUT2D eigenvalue weighted by Crippen LogP contribution is 2.72. The van der Waals surface area contributed by atoms with Gasteiger partial charge in [-0.15, -0.1) is 5.92 Å². The number of fused-ring (bicyclic) bond motifs is 4. The number of aryl methyl sites for hydroxylation is 1. The van der Waals surface area contributed by atoms with Crippen molar-refractivity contribution in [2.24, 2.45) is 39.9 Å². The van der Waals surface area contributed by atoms with Crippen molar-refractivity contribution in [2.45, 2.75) is 174 Å². The van der Waals surface area contributed by atoms with E-state index in [1.807, 2.05) is 0 Å². The Bertz CT molecular complexity index is 1510. The lowest BCUT2D eigenvalue weighted by Crippen LogP contribution is -2.76. The summed E-state index contributed by atoms with van der Waals surface area (Å²) in [4.78, 5) is 25.7. The molecule has 3 saturated carbocycles. The number of hydrogen-bond donors (Lipinski definition) is 2. The molecular weight excluding hydrogens is 661 g/mol. The minimum absolute atomic E-state index is 0.205. The SMILES string of the molecule is CCCCC[C@@H]1CC[C@@H]([C@]2(C)CC[C@@H](O)[C@@]3(CCC[C@H](C)CCCc4ccccc4)[C@H]2[C@H]2C[C@](C)(C#CCCC(=O)O2)[C@]3(O)CCC2=CC(=O)OC2)C1. The van der Waals surface area contributed by atoms with E-state index in [0.29, 0.717) is 56.3 Å². The molecule has 2 bridgehead atoms. The number of esters is 2. The summed E-state index contributed by atoms with van der Waals surface area (Å²) in [6.45, 7) is 9.37. The van der Waals surface area contributed by atoms with Crippen molar-refractivity contribution < 1.29 is 29.3 Å². The Balaban J connectivity index is 1.37. The first-order valence-electron chi connectivity index (χ1n) is 21.4. The summed E-state index contributed by atoms with van der Waals surface area (Å²) in [5, 5.41) is 26.7. The molecule has 2 N–H and O–H groups in total. The first-order chi connectivity index (χ1) is 25.4. The zero-order chi connectivity index (χ0) is 37.7. The van der Waals surface area contributed by atoms with Gasteiger partial charge in [-0.1, -0.05) is 108 Å². The van der Waals surface area contributed by atoms with Crippen LogP contribution < -0.4 is 0 Å². The quantitative estimate of drug-likeness (QED) is 0.100. The van der Waals surface area contributed by atoms with Crippen LogP contribution in [0.3, 0.4) is 0 Å². The summed E-state index contributed by atoms with van der Waals surface area (Å²) in [6.07, 6.45) is 18.3. The highest BCUT2D eigenvalue weighted by molar-refractivity contribution is 5.85. The Morgan fingerprint density at radius 1 is 0.981 bits per heavy atom. The number of hydrogen-bond acceptors (Lipinski definition) is 6. The second-order valence-corrected chi connectivity index (χ2v) is 18.5. The van der Waals surface area contributed by atoms with Gasteiger partial charge in [0.1, 0.15) is 12.7 Å². The Hall–Kier alpha value is -2.62. The van der Waals surface area contributed by atoms with Crippen LogP contribution >= 0.6 is 0 Å². The lowest BCUT2D eigenvalue weighted by atomic mass is 9.36. The standard InChI is InChI=1S/C47H68O6/c1-5-6-8-19-36-22-23-38(30-36)45(4)28-25-40(48)46(27-14-16-34(2)15-13-20-35-17-9-7-10-18-35)43(45)39-32-44(3,26-12-11-21-41(49)53-39)47(46,51)29-24-37-31-42(50)52-33-37/h7,9-10,17-18,31,34,36,38-40,43,48,51H,5-6,8,11,13-16,19-25,27-30,32-33H2,1-4H3/t34-,36-,38-,39-,40-,43+,44+,45+,46+,47-/m1/s1. The number of ether oxygens (including phenoxy) is 2. The number of aliphatic hydroxyl groups is 2. The van der Waals surface area contributed by atoms with Gasteiger partial charge in [0.25, 0.3) is 0 Å². The van der Waals surface area contributed by atoms with Gasteiger partial charge in [0.15, 0.2) is 0 Å². The molecule has 6 nitrogen and oxygen atoms in total. The molecule has 1 aromatic carbocycles. The van der Waals surface area contributed by atoms with E-state index in [0.717, 1.165) is 50.5 Å². The maximum absolute atomic E-state index is 13.9. The molecule has 0 radical (unpaired) electrons. The fraction of sp³-hybridized carbons (Fsp3) is 0.745. The van der Waals surface area contributed by atoms with Crippen LogP contribution in [0.25, 0.3) is 0 Å². The molecule has 1 aromatic rings. The van der Waals surface area contributed by atoms with Crippen molar-refractivity contribution in [3.63, 3.8) is 0 Å². The summed E-state index contributed by atoms with van der Waals surface area (Å²) < 4.78 is 11.9. The van der Waals surface area contributed by atoms with Crippen LogP contribution in [0, 0.1) is 51.8 Å². The molecule has 292 valence electrons. The summed E-state index contributed by atoms with van der Waals surface area (Å²) in [7, 11) is 0. The largest absolute Gasteiger partial charge is 0.462 e. The van der Waals surface area contributed by atoms with Crippen LogP contribution in [0.2, 0.25) is 0 Å². The van der Waals surface area contributed by atoms with Crippen molar-refractivity contribution in [3.8, 4) is 11.8 Å². The molecule has 0 saturated heterocycles. The fourth-order valence-electron chi connectivity index (χ4n) is 12.3. The van der Waals surface area contributed by atoms with Gasteiger partial charge in [0.05, 0.1) is 23.5 Å². The average molecular weight is 729 g/mol. The molecular formula is C47H68O6. The molecule has 0 unspecified atom stereocenters. The summed E-state index contributed by atoms with van der Waals surface area (Å²) in [6, 6.07) is 10.7. The fourth-order valence-corrected chi connectivity index (χ4v) is 12.3. The predicted molar refractivity (Wildman–Crippen MR) is 209 cm³/mol. The first-order valence-corrected chi connectivity index (χ1v) is 21.4. The molecule has 53 heavy (non-hydrogen) atoms. The van der Waals surface area contributed by atoms with E-state index in [9.17, 15) is 19.8 Å². The Morgan fingerprint density at radius 3 is 2.53 bits per heavy atom. The highest BCUT2D eigenvalue weighted by Gasteiger charge is 2.75. The van der Waals surface area contributed by atoms with Crippen molar-refractivity contribution in [2.75, 3.05) is 6.61 Å². The number of carbonyl (C=O) groups is 2. The van der Waals surface area contributed by atoms with Crippen LogP contribution in [0.1, 0.15) is 155 Å². The van der Waals surface area contributed by atoms with Crippen LogP contribution in [-0.4, -0.2) is 46.6 Å². The minimum Gasteiger partial charge on any atom is -0.462 e. The van der Waals surface area contributed by atoms with Gasteiger partial charge in [-0.25, -0.2) is 4.79 Å². The minimum atomic E-state index is -1.38. The predicted octanol–water partition coefficient (Wildman–Crippen LogP) is 9.69. The number of carbonyl (C=O) groups excluding carboxylic acids is 2. The maximum atomic E-state index is 13.9. The van der Waals surface area contributed by atoms with Crippen molar-refractivity contribution in [1.82, 2.24) is 0 Å². The molecule has 6 heteroatoms. The zero-order valence-electron chi connectivity index (χ0n) is 33.3. The van der Waals surface area contributed by atoms with Gasteiger partial charge in [0.2, 0.25) is 0 Å². The van der Waals surface area contributed by atoms with Crippen LogP contribution in [0.15, 0.2) is 42.0 Å². The van der Waals surface area contributed by atoms with Gasteiger partial charge in [0, 0.05) is 30.3 Å². The van der Waals surface area contributed by atoms with Crippen LogP contribution in [-0.2, 0) is 25.5 Å². The Morgan fingerprint density at radius 2 is 1.77 bits per heavy atom. The summed E-state index contributed by atoms with van der Waals surface area (Å²) in [5.41, 5.74) is -1.19. The van der Waals surface area contributed by atoms with Gasteiger partial charge >= 0.3 is 11.9 Å². The lowest BCUT2D eigenvalue weighted by molar-refractivity contribution is -0.313. The number of cyclic esters (lactones) is 1. The highest BCUT2D eigenvalue weighted by atomic mass is 16.5. The zero-order valence-corrected chi connectivity index (χ0v) is 33.3. The third kappa shape index (κ3) is 8.18. The second-order valence-electron chi connectivity index (χ2n) is 18.5. The van der Waals surface area contributed by atoms with E-state index < -0.39 is 28.6 Å². The topological polar surface area (TPSA) is 93.1 Å². The molecule has 3 fully saturated rings. The first kappa shape index (κ1) is 40.1. The molecule has 10 atom stereocenters. The van der Waals surface area contributed by atoms with Gasteiger partial charge in [-0.2, -0.15) is 0 Å². The molecule has 0 aromatic heterocycles. The number of unbranched alkanes of at least 4 members (excludes halogenated alkanes) is 2. The van der Waals surface area contributed by atoms with E-state index in [1.165, 1.54) is 44.1 Å². The lowest BCUT2D eigenvalue weighted by Gasteiger charge is -2.71. The van der Waals surface area contributed by atoms with E-state index in [-0.39, 0.29) is 36.3 Å². The smallest absolute Gasteiger partial charge is 0.331 e. The van der Waals surface area contributed by atoms with Gasteiger partial charge < -0.3 is 19.7 Å². The molecule has 0 spiro atoms. The van der Waals surface area contributed by atoms with E-state index in [1.54, 1.807) is 6.08 Å². The number of rotatable bonds is 16. The third-order valence-electron chi connectivity index (χ3n) is 15.1. The van der Waals surface area contributed by atoms with Crippen LogP contribution in [0.5, 0.6) is 0 Å². The van der Waals surface area contributed by atoms with Gasteiger partial charge in [-0.3, -0.25) is 4.79 Å². The molecule has 3 aliphatic carbocycles. The van der Waals surface area contributed by atoms with Crippen LogP contribution in [0.4, 0.5) is 0 Å². The van der Waals surface area contributed by atoms with Gasteiger partial charge in [-0.05, 0) is 99.0 Å². The Kier molecular flexibility index (Phi) is 12.9. The maximum Gasteiger partial charge on any atom is 0.331 e. The van der Waals surface area contributed by atoms with E-state index in [2.05, 4.69) is 69.9 Å². The van der Waals surface area contributed by atoms with E-state index in [4.69, 9.17) is 9.47 Å². The third-order valence-corrected chi connectivity index (χ3v) is 15.1. The van der Waals surface area contributed by atoms with Crippen molar-refractivity contribution >= 4 is 11.9 Å².